The predicted molar refractivity (Wildman–Crippen MR) is 62.1 cm³/mol. The summed E-state index contributed by atoms with van der Waals surface area (Å²) in [7, 11) is 1.35. The summed E-state index contributed by atoms with van der Waals surface area (Å²) in [5, 5.41) is 0.513. The highest BCUT2D eigenvalue weighted by molar-refractivity contribution is 6.33. The third kappa shape index (κ3) is 1.82. The lowest BCUT2D eigenvalue weighted by atomic mass is 10.2. The second-order valence-electron chi connectivity index (χ2n) is 3.22. The zero-order valence-electron chi connectivity index (χ0n) is 8.68. The molecule has 2 aromatic rings. The molecule has 0 aliphatic rings. The van der Waals surface area contributed by atoms with Crippen molar-refractivity contribution in [3.8, 4) is 5.69 Å². The molecule has 16 heavy (non-hydrogen) atoms. The number of benzene rings is 1. The molecule has 0 unspecified atom stereocenters. The molecule has 0 amide bonds. The predicted octanol–water partition coefficient (Wildman–Crippen LogP) is 2.92. The van der Waals surface area contributed by atoms with Gasteiger partial charge in [-0.1, -0.05) is 17.7 Å². The molecule has 0 fully saturated rings. The number of hydrogen-bond donors (Lipinski definition) is 0. The normalized spacial score (nSPS) is 10.1. The van der Waals surface area contributed by atoms with Crippen molar-refractivity contribution < 1.29 is 9.53 Å². The van der Waals surface area contributed by atoms with Crippen LogP contribution < -0.4 is 0 Å². The van der Waals surface area contributed by atoms with Crippen molar-refractivity contribution in [3.63, 3.8) is 0 Å². The van der Waals surface area contributed by atoms with E-state index in [0.717, 1.165) is 0 Å². The van der Waals surface area contributed by atoms with E-state index in [2.05, 4.69) is 0 Å². The van der Waals surface area contributed by atoms with Gasteiger partial charge in [-0.05, 0) is 24.3 Å². The highest BCUT2D eigenvalue weighted by atomic mass is 35.5. The maximum Gasteiger partial charge on any atom is 0.340 e. The molecule has 0 atom stereocenters. The number of rotatable bonds is 2. The Labute approximate surface area is 98.2 Å². The van der Waals surface area contributed by atoms with E-state index < -0.39 is 5.97 Å². The fraction of sp³-hybridized carbons (Fsp3) is 0.0833. The third-order valence-corrected chi connectivity index (χ3v) is 2.56. The van der Waals surface area contributed by atoms with Gasteiger partial charge in [0.05, 0.1) is 23.4 Å². The molecule has 4 heteroatoms. The molecule has 0 aliphatic heterocycles. The molecule has 1 aromatic heterocycles. The van der Waals surface area contributed by atoms with Crippen molar-refractivity contribution in [3.05, 3.63) is 53.3 Å². The van der Waals surface area contributed by atoms with E-state index in [-0.39, 0.29) is 0 Å². The van der Waals surface area contributed by atoms with Crippen LogP contribution in [0.15, 0.2) is 42.7 Å². The molecule has 1 heterocycles. The molecule has 2 rings (SSSR count). The van der Waals surface area contributed by atoms with Gasteiger partial charge in [0.25, 0.3) is 0 Å². The lowest BCUT2D eigenvalue weighted by Gasteiger charge is -2.10. The maximum absolute atomic E-state index is 11.6. The van der Waals surface area contributed by atoms with Crippen molar-refractivity contribution in [2.24, 2.45) is 0 Å². The second kappa shape index (κ2) is 4.41. The van der Waals surface area contributed by atoms with Crippen LogP contribution in [0.5, 0.6) is 0 Å². The average molecular weight is 236 g/mol. The first-order valence-corrected chi connectivity index (χ1v) is 5.12. The van der Waals surface area contributed by atoms with Crippen LogP contribution in [0.2, 0.25) is 5.02 Å². The number of esters is 1. The van der Waals surface area contributed by atoms with Gasteiger partial charge in [-0.2, -0.15) is 0 Å². The standard InChI is InChI=1S/C12H10ClNO2/c1-16-12(15)9-5-4-6-10(13)11(9)14-7-2-3-8-14/h2-8H,1H3. The second-order valence-corrected chi connectivity index (χ2v) is 3.63. The van der Waals surface area contributed by atoms with E-state index in [1.54, 1.807) is 22.8 Å². The van der Waals surface area contributed by atoms with Gasteiger partial charge in [-0.25, -0.2) is 4.79 Å². The number of aromatic nitrogens is 1. The SMILES string of the molecule is COC(=O)c1cccc(Cl)c1-n1cccc1. The summed E-state index contributed by atoms with van der Waals surface area (Å²) in [6, 6.07) is 8.88. The van der Waals surface area contributed by atoms with Crippen molar-refractivity contribution in [1.82, 2.24) is 4.57 Å². The fourth-order valence-electron chi connectivity index (χ4n) is 1.54. The third-order valence-electron chi connectivity index (χ3n) is 2.25. The van der Waals surface area contributed by atoms with Crippen molar-refractivity contribution in [1.29, 1.82) is 0 Å². The quantitative estimate of drug-likeness (QED) is 0.750. The number of ether oxygens (including phenoxy) is 1. The van der Waals surface area contributed by atoms with Crippen LogP contribution >= 0.6 is 11.6 Å². The van der Waals surface area contributed by atoms with E-state index in [1.165, 1.54) is 7.11 Å². The number of carbonyl (C=O) groups is 1. The molecule has 0 spiro atoms. The zero-order valence-corrected chi connectivity index (χ0v) is 9.44. The summed E-state index contributed by atoms with van der Waals surface area (Å²) in [4.78, 5) is 11.6. The van der Waals surface area contributed by atoms with Crippen LogP contribution in [0.1, 0.15) is 10.4 Å². The number of halogens is 1. The first-order valence-electron chi connectivity index (χ1n) is 4.74. The maximum atomic E-state index is 11.6. The van der Waals surface area contributed by atoms with Gasteiger partial charge >= 0.3 is 5.97 Å². The van der Waals surface area contributed by atoms with Gasteiger partial charge < -0.3 is 9.30 Å². The molecule has 0 radical (unpaired) electrons. The van der Waals surface area contributed by atoms with Gasteiger partial charge in [0, 0.05) is 12.4 Å². The summed E-state index contributed by atoms with van der Waals surface area (Å²) < 4.78 is 6.51. The average Bonchev–Trinajstić information content (AvgIpc) is 2.81. The molecule has 1 aromatic carbocycles. The highest BCUT2D eigenvalue weighted by Crippen LogP contribution is 2.25. The lowest BCUT2D eigenvalue weighted by Crippen LogP contribution is -2.07. The highest BCUT2D eigenvalue weighted by Gasteiger charge is 2.15. The Hall–Kier alpha value is -1.74. The molecule has 3 nitrogen and oxygen atoms in total. The summed E-state index contributed by atoms with van der Waals surface area (Å²) >= 11 is 6.09. The Balaban J connectivity index is 2.62. The van der Waals surface area contributed by atoms with Gasteiger partial charge in [-0.3, -0.25) is 0 Å². The summed E-state index contributed by atoms with van der Waals surface area (Å²) in [6.45, 7) is 0. The Bertz CT molecular complexity index is 506. The number of para-hydroxylation sites is 1. The Morgan fingerprint density at radius 1 is 1.25 bits per heavy atom. The Kier molecular flexibility index (Phi) is 2.97. The van der Waals surface area contributed by atoms with Crippen LogP contribution in [-0.4, -0.2) is 17.6 Å². The summed E-state index contributed by atoms with van der Waals surface area (Å²) in [5.41, 5.74) is 1.09. The van der Waals surface area contributed by atoms with Crippen LogP contribution in [0.4, 0.5) is 0 Å². The largest absolute Gasteiger partial charge is 0.465 e. The molecule has 0 N–H and O–H groups in total. The summed E-state index contributed by atoms with van der Waals surface area (Å²) in [6.07, 6.45) is 3.65. The molecule has 82 valence electrons. The molecule has 0 bridgehead atoms. The monoisotopic (exact) mass is 235 g/mol. The van der Waals surface area contributed by atoms with Gasteiger partial charge in [0.15, 0.2) is 0 Å². The van der Waals surface area contributed by atoms with E-state index in [1.807, 2.05) is 24.5 Å². The number of nitrogens with zero attached hydrogens (tertiary/aromatic N) is 1. The minimum atomic E-state index is -0.397. The zero-order chi connectivity index (χ0) is 11.5. The molecular weight excluding hydrogens is 226 g/mol. The van der Waals surface area contributed by atoms with Gasteiger partial charge in [-0.15, -0.1) is 0 Å². The minimum absolute atomic E-state index is 0.397. The van der Waals surface area contributed by atoms with E-state index in [4.69, 9.17) is 16.3 Å². The van der Waals surface area contributed by atoms with Crippen molar-refractivity contribution in [2.75, 3.05) is 7.11 Å². The first kappa shape index (κ1) is 10.8. The van der Waals surface area contributed by atoms with Crippen molar-refractivity contribution >= 4 is 17.6 Å². The smallest absolute Gasteiger partial charge is 0.340 e. The number of carbonyl (C=O) groups excluding carboxylic acids is 1. The molecular formula is C12H10ClNO2. The van der Waals surface area contributed by atoms with Crippen LogP contribution in [0, 0.1) is 0 Å². The van der Waals surface area contributed by atoms with Crippen LogP contribution in [-0.2, 0) is 4.74 Å². The van der Waals surface area contributed by atoms with E-state index >= 15 is 0 Å². The Morgan fingerprint density at radius 2 is 1.94 bits per heavy atom. The lowest BCUT2D eigenvalue weighted by molar-refractivity contribution is 0.0601. The van der Waals surface area contributed by atoms with Gasteiger partial charge in [0.2, 0.25) is 0 Å². The Morgan fingerprint density at radius 3 is 2.56 bits per heavy atom. The molecule has 0 saturated heterocycles. The first-order chi connectivity index (χ1) is 7.74. The topological polar surface area (TPSA) is 31.2 Å². The van der Waals surface area contributed by atoms with Gasteiger partial charge in [0.1, 0.15) is 0 Å². The fourth-order valence-corrected chi connectivity index (χ4v) is 1.81. The van der Waals surface area contributed by atoms with E-state index in [9.17, 15) is 4.79 Å². The number of hydrogen-bond acceptors (Lipinski definition) is 2. The van der Waals surface area contributed by atoms with Crippen molar-refractivity contribution in [2.45, 2.75) is 0 Å². The summed E-state index contributed by atoms with van der Waals surface area (Å²) in [5.74, 6) is -0.397. The molecule has 0 aliphatic carbocycles. The van der Waals surface area contributed by atoms with E-state index in [0.29, 0.717) is 16.3 Å². The van der Waals surface area contributed by atoms with Crippen LogP contribution in [0.25, 0.3) is 5.69 Å². The minimum Gasteiger partial charge on any atom is -0.465 e. The molecule has 0 saturated carbocycles. The van der Waals surface area contributed by atoms with Crippen LogP contribution in [0.3, 0.4) is 0 Å². The number of methoxy groups -OCH3 is 1.